The third-order valence-corrected chi connectivity index (χ3v) is 3.46. The van der Waals surface area contributed by atoms with E-state index in [1.54, 1.807) is 24.3 Å². The van der Waals surface area contributed by atoms with Crippen molar-refractivity contribution in [3.05, 3.63) is 94.9 Å². The van der Waals surface area contributed by atoms with E-state index in [0.29, 0.717) is 29.2 Å². The van der Waals surface area contributed by atoms with E-state index in [1.807, 2.05) is 50.3 Å². The van der Waals surface area contributed by atoms with Gasteiger partial charge < -0.3 is 34.0 Å². The Bertz CT molecular complexity index is 725. The molecule has 0 saturated heterocycles. The van der Waals surface area contributed by atoms with Gasteiger partial charge in [0.15, 0.2) is 0 Å². The highest BCUT2D eigenvalue weighted by atomic mass is 14.9. The van der Waals surface area contributed by atoms with Gasteiger partial charge >= 0.3 is 0 Å². The third-order valence-electron chi connectivity index (χ3n) is 3.46. The summed E-state index contributed by atoms with van der Waals surface area (Å²) in [5.41, 5.74) is 33.1. The first kappa shape index (κ1) is 20.8. The summed E-state index contributed by atoms with van der Waals surface area (Å²) >= 11 is 0. The fourth-order valence-corrected chi connectivity index (χ4v) is 1.99. The molecule has 1 atom stereocenters. The second kappa shape index (κ2) is 10.6. The summed E-state index contributed by atoms with van der Waals surface area (Å²) in [5, 5.41) is 3.26. The number of rotatable bonds is 7. The highest BCUT2D eigenvalue weighted by Crippen LogP contribution is 2.09. The van der Waals surface area contributed by atoms with Crippen LogP contribution in [0, 0.1) is 0 Å². The topological polar surface area (TPSA) is 142 Å². The van der Waals surface area contributed by atoms with Gasteiger partial charge in [-0.3, -0.25) is 0 Å². The number of dihydropyridines is 1. The van der Waals surface area contributed by atoms with Gasteiger partial charge in [0, 0.05) is 23.9 Å². The molecule has 0 spiro atoms. The summed E-state index contributed by atoms with van der Waals surface area (Å²) < 4.78 is 0. The summed E-state index contributed by atoms with van der Waals surface area (Å²) in [7, 11) is 0. The van der Waals surface area contributed by atoms with E-state index >= 15 is 0 Å². The summed E-state index contributed by atoms with van der Waals surface area (Å²) in [6.45, 7) is 3.86. The minimum atomic E-state index is 0.236. The number of allylic oxidation sites excluding steroid dienone is 10. The van der Waals surface area contributed by atoms with Crippen LogP contribution in [0.4, 0.5) is 0 Å². The lowest BCUT2D eigenvalue weighted by molar-refractivity contribution is 0.722. The lowest BCUT2D eigenvalue weighted by Gasteiger charge is -2.18. The van der Waals surface area contributed by atoms with Crippen molar-refractivity contribution in [3.63, 3.8) is 0 Å². The first-order valence-electron chi connectivity index (χ1n) is 8.39. The molecule has 0 radical (unpaired) electrons. The summed E-state index contributed by atoms with van der Waals surface area (Å²) in [5.74, 6) is 0. The Balaban J connectivity index is 2.71. The molecule has 26 heavy (non-hydrogen) atoms. The Kier molecular flexibility index (Phi) is 8.43. The number of nitrogens with two attached hydrogens (primary N) is 5. The van der Waals surface area contributed by atoms with Gasteiger partial charge in [0.1, 0.15) is 0 Å². The van der Waals surface area contributed by atoms with Crippen molar-refractivity contribution in [2.24, 2.45) is 28.7 Å². The molecule has 6 heteroatoms. The van der Waals surface area contributed by atoms with Crippen LogP contribution in [0.3, 0.4) is 0 Å². The minimum Gasteiger partial charge on any atom is -0.402 e. The number of hydrogen-bond donors (Lipinski definition) is 6. The lowest BCUT2D eigenvalue weighted by atomic mass is 10.1. The van der Waals surface area contributed by atoms with Crippen LogP contribution in [0.15, 0.2) is 94.9 Å². The van der Waals surface area contributed by atoms with E-state index in [1.165, 1.54) is 0 Å². The molecule has 0 aromatic rings. The Labute approximate surface area is 155 Å². The van der Waals surface area contributed by atoms with E-state index in [-0.39, 0.29) is 6.04 Å². The summed E-state index contributed by atoms with van der Waals surface area (Å²) in [4.78, 5) is 0. The van der Waals surface area contributed by atoms with Crippen molar-refractivity contribution in [3.8, 4) is 0 Å². The van der Waals surface area contributed by atoms with Gasteiger partial charge in [-0.1, -0.05) is 24.3 Å². The molecule has 6 nitrogen and oxygen atoms in total. The quantitative estimate of drug-likeness (QED) is 0.383. The molecule has 140 valence electrons. The molecule has 1 aliphatic rings. The van der Waals surface area contributed by atoms with Gasteiger partial charge in [-0.05, 0) is 50.3 Å². The van der Waals surface area contributed by atoms with Crippen molar-refractivity contribution in [2.75, 3.05) is 0 Å². The molecule has 1 heterocycles. The van der Waals surface area contributed by atoms with Crippen molar-refractivity contribution in [1.29, 1.82) is 0 Å². The van der Waals surface area contributed by atoms with Gasteiger partial charge in [-0.25, -0.2) is 0 Å². The van der Waals surface area contributed by atoms with Crippen molar-refractivity contribution in [2.45, 2.75) is 26.3 Å². The highest BCUT2D eigenvalue weighted by molar-refractivity contribution is 5.39. The van der Waals surface area contributed by atoms with Crippen LogP contribution in [-0.2, 0) is 0 Å². The molecular formula is C20H30N6. The SMILES string of the molecule is C/C(N)=C/C=C\C/C(N)=C/C=C(N)/C(N)=C/C=C(\N)C1=CC=CC(C)N1. The second-order valence-corrected chi connectivity index (χ2v) is 6.05. The normalized spacial score (nSPS) is 20.3. The fraction of sp³-hybridized carbons (Fsp3) is 0.200. The Morgan fingerprint density at radius 2 is 1.65 bits per heavy atom. The zero-order chi connectivity index (χ0) is 19.5. The van der Waals surface area contributed by atoms with Gasteiger partial charge in [0.05, 0.1) is 22.8 Å². The van der Waals surface area contributed by atoms with Crippen LogP contribution in [0.25, 0.3) is 0 Å². The van der Waals surface area contributed by atoms with Crippen molar-refractivity contribution < 1.29 is 0 Å². The molecular weight excluding hydrogens is 324 g/mol. The van der Waals surface area contributed by atoms with Crippen LogP contribution >= 0.6 is 0 Å². The van der Waals surface area contributed by atoms with Crippen LogP contribution in [-0.4, -0.2) is 6.04 Å². The molecule has 0 saturated carbocycles. The molecule has 0 aromatic heterocycles. The summed E-state index contributed by atoms with van der Waals surface area (Å²) in [6, 6.07) is 0.236. The average Bonchev–Trinajstić information content (AvgIpc) is 2.60. The third kappa shape index (κ3) is 8.01. The molecule has 0 bridgehead atoms. The minimum absolute atomic E-state index is 0.236. The Morgan fingerprint density at radius 1 is 1.00 bits per heavy atom. The molecule has 0 amide bonds. The van der Waals surface area contributed by atoms with Gasteiger partial charge in [-0.15, -0.1) is 0 Å². The fourth-order valence-electron chi connectivity index (χ4n) is 1.99. The average molecular weight is 355 g/mol. The van der Waals surface area contributed by atoms with Crippen molar-refractivity contribution >= 4 is 0 Å². The standard InChI is InChI=1S/C20H30N6/c1-14(21)6-3-4-8-16(22)10-11-17(23)18(24)12-13-19(25)20-9-5-7-15(2)26-20/h3-7,9-13,15,26H,8,21-25H2,1-2H3/b4-3-,14-6-,16-10-,17-11-,18-12-,19-13-. The van der Waals surface area contributed by atoms with Gasteiger partial charge in [0.25, 0.3) is 0 Å². The maximum atomic E-state index is 6.05. The molecule has 0 fully saturated rings. The van der Waals surface area contributed by atoms with Crippen LogP contribution < -0.4 is 34.0 Å². The maximum absolute atomic E-state index is 6.05. The predicted octanol–water partition coefficient (Wildman–Crippen LogP) is 1.60. The zero-order valence-corrected chi connectivity index (χ0v) is 15.4. The van der Waals surface area contributed by atoms with E-state index in [9.17, 15) is 0 Å². The Hall–Kier alpha value is -3.28. The van der Waals surface area contributed by atoms with Crippen LogP contribution in [0.2, 0.25) is 0 Å². The molecule has 0 aromatic carbocycles. The zero-order valence-electron chi connectivity index (χ0n) is 15.4. The smallest absolute Gasteiger partial charge is 0.0578 e. The molecule has 1 aliphatic heterocycles. The molecule has 1 rings (SSSR count). The van der Waals surface area contributed by atoms with Gasteiger partial charge in [0.2, 0.25) is 0 Å². The lowest BCUT2D eigenvalue weighted by Crippen LogP contribution is -2.28. The van der Waals surface area contributed by atoms with E-state index in [4.69, 9.17) is 28.7 Å². The van der Waals surface area contributed by atoms with Crippen molar-refractivity contribution in [1.82, 2.24) is 5.32 Å². The molecule has 0 aliphatic carbocycles. The first-order chi connectivity index (χ1) is 12.3. The predicted molar refractivity (Wildman–Crippen MR) is 111 cm³/mol. The number of hydrogen-bond acceptors (Lipinski definition) is 6. The monoisotopic (exact) mass is 354 g/mol. The van der Waals surface area contributed by atoms with E-state index < -0.39 is 0 Å². The Morgan fingerprint density at radius 3 is 2.27 bits per heavy atom. The molecule has 1 unspecified atom stereocenters. The van der Waals surface area contributed by atoms with E-state index in [0.717, 1.165) is 11.4 Å². The maximum Gasteiger partial charge on any atom is 0.0578 e. The van der Waals surface area contributed by atoms with Crippen LogP contribution in [0.1, 0.15) is 20.3 Å². The summed E-state index contributed by atoms with van der Waals surface area (Å²) in [6.07, 6.45) is 18.9. The highest BCUT2D eigenvalue weighted by Gasteiger charge is 2.06. The molecule has 11 N–H and O–H groups in total. The van der Waals surface area contributed by atoms with Gasteiger partial charge in [-0.2, -0.15) is 0 Å². The van der Waals surface area contributed by atoms with Crippen LogP contribution in [0.5, 0.6) is 0 Å². The van der Waals surface area contributed by atoms with E-state index in [2.05, 4.69) is 5.32 Å². The largest absolute Gasteiger partial charge is 0.402 e. The first-order valence-corrected chi connectivity index (χ1v) is 8.39. The second-order valence-electron chi connectivity index (χ2n) is 6.05. The number of nitrogens with one attached hydrogen (secondary N) is 1.